The highest BCUT2D eigenvalue weighted by molar-refractivity contribution is 5.25. The zero-order valence-electron chi connectivity index (χ0n) is 12.2. The fourth-order valence-electron chi connectivity index (χ4n) is 1.87. The summed E-state index contributed by atoms with van der Waals surface area (Å²) in [7, 11) is 0. The summed E-state index contributed by atoms with van der Waals surface area (Å²) in [6.07, 6.45) is 5.25. The van der Waals surface area contributed by atoms with Crippen LogP contribution in [0.5, 0.6) is 0 Å². The SMILES string of the molecule is C=C.Cc1ccc(C(F)(F)CN)cc1.NC1CCCC1. The lowest BCUT2D eigenvalue weighted by Gasteiger charge is -2.13. The van der Waals surface area contributed by atoms with Crippen LogP contribution >= 0.6 is 0 Å². The van der Waals surface area contributed by atoms with Gasteiger partial charge >= 0.3 is 0 Å². The Labute approximate surface area is 120 Å². The molecule has 1 aromatic carbocycles. The average molecular weight is 284 g/mol. The van der Waals surface area contributed by atoms with Crippen molar-refractivity contribution in [1.29, 1.82) is 0 Å². The van der Waals surface area contributed by atoms with Crippen molar-refractivity contribution in [2.45, 2.75) is 44.6 Å². The maximum Gasteiger partial charge on any atom is 0.285 e. The van der Waals surface area contributed by atoms with Crippen LogP contribution in [-0.4, -0.2) is 12.6 Å². The topological polar surface area (TPSA) is 52.0 Å². The number of hydrogen-bond donors (Lipinski definition) is 2. The minimum absolute atomic E-state index is 0.0180. The monoisotopic (exact) mass is 284 g/mol. The van der Waals surface area contributed by atoms with E-state index in [1.165, 1.54) is 37.8 Å². The van der Waals surface area contributed by atoms with Crippen LogP contribution in [0.1, 0.15) is 36.8 Å². The van der Waals surface area contributed by atoms with E-state index in [9.17, 15) is 8.78 Å². The summed E-state index contributed by atoms with van der Waals surface area (Å²) in [5.41, 5.74) is 11.4. The molecule has 0 aliphatic heterocycles. The number of nitrogens with two attached hydrogens (primary N) is 2. The van der Waals surface area contributed by atoms with Crippen molar-refractivity contribution in [2.24, 2.45) is 11.5 Å². The molecule has 1 aromatic rings. The minimum Gasteiger partial charge on any atom is -0.328 e. The van der Waals surface area contributed by atoms with Crippen molar-refractivity contribution >= 4 is 0 Å². The summed E-state index contributed by atoms with van der Waals surface area (Å²) >= 11 is 0. The third-order valence-corrected chi connectivity index (χ3v) is 3.13. The van der Waals surface area contributed by atoms with E-state index < -0.39 is 12.5 Å². The molecular formula is C16H26F2N2. The molecule has 20 heavy (non-hydrogen) atoms. The first-order valence-electron chi connectivity index (χ1n) is 6.86. The molecule has 2 rings (SSSR count). The molecule has 0 spiro atoms. The first-order valence-corrected chi connectivity index (χ1v) is 6.86. The summed E-state index contributed by atoms with van der Waals surface area (Å²) < 4.78 is 25.8. The number of alkyl halides is 2. The number of halogens is 2. The van der Waals surface area contributed by atoms with Gasteiger partial charge in [-0.3, -0.25) is 0 Å². The third kappa shape index (κ3) is 6.78. The van der Waals surface area contributed by atoms with Crippen LogP contribution in [0.15, 0.2) is 37.4 Å². The van der Waals surface area contributed by atoms with E-state index in [1.807, 2.05) is 6.92 Å². The van der Waals surface area contributed by atoms with Gasteiger partial charge in [-0.15, -0.1) is 13.2 Å². The highest BCUT2D eigenvalue weighted by Gasteiger charge is 2.28. The second-order valence-corrected chi connectivity index (χ2v) is 4.82. The van der Waals surface area contributed by atoms with Crippen molar-refractivity contribution in [3.63, 3.8) is 0 Å². The van der Waals surface area contributed by atoms with Crippen molar-refractivity contribution in [3.8, 4) is 0 Å². The number of rotatable bonds is 2. The van der Waals surface area contributed by atoms with Crippen molar-refractivity contribution < 1.29 is 8.78 Å². The molecule has 0 amide bonds. The van der Waals surface area contributed by atoms with Gasteiger partial charge in [0.15, 0.2) is 0 Å². The van der Waals surface area contributed by atoms with Gasteiger partial charge in [-0.1, -0.05) is 42.7 Å². The second kappa shape index (κ2) is 9.61. The molecule has 2 nitrogen and oxygen atoms in total. The third-order valence-electron chi connectivity index (χ3n) is 3.13. The van der Waals surface area contributed by atoms with Crippen LogP contribution in [0, 0.1) is 6.92 Å². The Hall–Kier alpha value is -1.26. The van der Waals surface area contributed by atoms with E-state index >= 15 is 0 Å². The van der Waals surface area contributed by atoms with Crippen LogP contribution in [-0.2, 0) is 5.92 Å². The van der Waals surface area contributed by atoms with Gasteiger partial charge in [0, 0.05) is 11.6 Å². The van der Waals surface area contributed by atoms with E-state index in [2.05, 4.69) is 13.2 Å². The van der Waals surface area contributed by atoms with Crippen LogP contribution in [0.4, 0.5) is 8.78 Å². The van der Waals surface area contributed by atoms with Crippen LogP contribution in [0.3, 0.4) is 0 Å². The maximum absolute atomic E-state index is 12.9. The number of benzene rings is 1. The van der Waals surface area contributed by atoms with E-state index in [4.69, 9.17) is 11.5 Å². The summed E-state index contributed by atoms with van der Waals surface area (Å²) in [5, 5.41) is 0. The first-order chi connectivity index (χ1) is 9.45. The summed E-state index contributed by atoms with van der Waals surface area (Å²) in [5.74, 6) is -2.90. The molecule has 1 fully saturated rings. The van der Waals surface area contributed by atoms with E-state index in [-0.39, 0.29) is 5.56 Å². The minimum atomic E-state index is -2.90. The Morgan fingerprint density at radius 2 is 1.60 bits per heavy atom. The van der Waals surface area contributed by atoms with Crippen molar-refractivity contribution in [2.75, 3.05) is 6.54 Å². The molecule has 0 saturated heterocycles. The lowest BCUT2D eigenvalue weighted by molar-refractivity contribution is 0.00594. The van der Waals surface area contributed by atoms with Gasteiger partial charge in [0.2, 0.25) is 0 Å². The molecule has 0 heterocycles. The molecule has 0 aromatic heterocycles. The van der Waals surface area contributed by atoms with Gasteiger partial charge in [0.05, 0.1) is 6.54 Å². The van der Waals surface area contributed by atoms with Gasteiger partial charge in [0.1, 0.15) is 0 Å². The molecule has 4 heteroatoms. The zero-order chi connectivity index (χ0) is 15.6. The average Bonchev–Trinajstić information content (AvgIpc) is 2.93. The lowest BCUT2D eigenvalue weighted by atomic mass is 10.1. The lowest BCUT2D eigenvalue weighted by Crippen LogP contribution is -2.24. The molecule has 1 aliphatic carbocycles. The summed E-state index contributed by atoms with van der Waals surface area (Å²) in [6, 6.07) is 6.66. The number of hydrogen-bond acceptors (Lipinski definition) is 2. The Morgan fingerprint density at radius 3 is 1.90 bits per heavy atom. The fraction of sp³-hybridized carbons (Fsp3) is 0.500. The van der Waals surface area contributed by atoms with Crippen LogP contribution in [0.25, 0.3) is 0 Å². The largest absolute Gasteiger partial charge is 0.328 e. The Balaban J connectivity index is 0.000000377. The molecule has 0 radical (unpaired) electrons. The smallest absolute Gasteiger partial charge is 0.285 e. The second-order valence-electron chi connectivity index (χ2n) is 4.82. The molecule has 4 N–H and O–H groups in total. The van der Waals surface area contributed by atoms with E-state index in [0.717, 1.165) is 5.56 Å². The molecular weight excluding hydrogens is 258 g/mol. The van der Waals surface area contributed by atoms with Gasteiger partial charge in [-0.25, -0.2) is 0 Å². The van der Waals surface area contributed by atoms with Gasteiger partial charge in [0.25, 0.3) is 5.92 Å². The normalized spacial score (nSPS) is 14.8. The van der Waals surface area contributed by atoms with Gasteiger partial charge < -0.3 is 11.5 Å². The van der Waals surface area contributed by atoms with Crippen LogP contribution in [0.2, 0.25) is 0 Å². The Morgan fingerprint density at radius 1 is 1.15 bits per heavy atom. The molecule has 1 aliphatic rings. The molecule has 0 unspecified atom stereocenters. The van der Waals surface area contributed by atoms with E-state index in [1.54, 1.807) is 12.1 Å². The summed E-state index contributed by atoms with van der Waals surface area (Å²) in [6.45, 7) is 7.21. The standard InChI is InChI=1S/C9H11F2N.C5H11N.C2H4/c1-7-2-4-8(5-3-7)9(10,11)6-12;6-5-3-1-2-4-5;1-2/h2-5H,6,12H2,1H3;5H,1-4,6H2;1-2H2. The highest BCUT2D eigenvalue weighted by Crippen LogP contribution is 2.26. The molecule has 114 valence electrons. The van der Waals surface area contributed by atoms with Gasteiger partial charge in [-0.2, -0.15) is 8.78 Å². The predicted molar refractivity (Wildman–Crippen MR) is 81.8 cm³/mol. The van der Waals surface area contributed by atoms with E-state index in [0.29, 0.717) is 6.04 Å². The fourth-order valence-corrected chi connectivity index (χ4v) is 1.87. The Bertz CT molecular complexity index is 357. The molecule has 0 bridgehead atoms. The van der Waals surface area contributed by atoms with Crippen LogP contribution < -0.4 is 11.5 Å². The van der Waals surface area contributed by atoms with Crippen molar-refractivity contribution in [3.05, 3.63) is 48.6 Å². The quantitative estimate of drug-likeness (QED) is 0.813. The van der Waals surface area contributed by atoms with Crippen molar-refractivity contribution in [1.82, 2.24) is 0 Å². The first kappa shape index (κ1) is 18.7. The molecule has 0 atom stereocenters. The summed E-state index contributed by atoms with van der Waals surface area (Å²) in [4.78, 5) is 0. The zero-order valence-corrected chi connectivity index (χ0v) is 12.2. The van der Waals surface area contributed by atoms with Gasteiger partial charge in [-0.05, 0) is 19.8 Å². The highest BCUT2D eigenvalue weighted by atomic mass is 19.3. The number of aryl methyl sites for hydroxylation is 1. The predicted octanol–water partition coefficient (Wildman–Crippen LogP) is 3.74. The maximum atomic E-state index is 12.9. The Kier molecular flexibility index (Phi) is 9.01. The molecule has 1 saturated carbocycles.